The molecule has 0 unspecified atom stereocenters. The van der Waals surface area contributed by atoms with Crippen LogP contribution in [-0.2, 0) is 11.3 Å². The van der Waals surface area contributed by atoms with E-state index in [0.717, 1.165) is 28.8 Å². The number of thioether (sulfide) groups is 1. The van der Waals surface area contributed by atoms with Crippen LogP contribution >= 0.6 is 11.8 Å². The standard InChI is InChI=1S/C20H23N5OS/c1-4-25-19(16-6-5-11-21-12-16)23-24-20(25)27-13-18(26)22-17-9-7-15(8-10-17)14(2)3/h5-12,14H,4,13H2,1-3H3,(H,22,26). The van der Waals surface area contributed by atoms with Crippen LogP contribution in [-0.4, -0.2) is 31.4 Å². The van der Waals surface area contributed by atoms with Crippen LogP contribution in [0.1, 0.15) is 32.3 Å². The normalized spacial score (nSPS) is 11.0. The Morgan fingerprint density at radius 2 is 1.96 bits per heavy atom. The Bertz CT molecular complexity index is 890. The van der Waals surface area contributed by atoms with Gasteiger partial charge in [-0.1, -0.05) is 37.7 Å². The SMILES string of the molecule is CCn1c(SCC(=O)Nc2ccc(C(C)C)cc2)nnc1-c1cccnc1. The first-order chi connectivity index (χ1) is 13.1. The summed E-state index contributed by atoms with van der Waals surface area (Å²) in [7, 11) is 0. The van der Waals surface area contributed by atoms with E-state index >= 15 is 0 Å². The Morgan fingerprint density at radius 1 is 1.19 bits per heavy atom. The van der Waals surface area contributed by atoms with Crippen molar-refractivity contribution in [3.63, 3.8) is 0 Å². The van der Waals surface area contributed by atoms with Crippen LogP contribution in [0.5, 0.6) is 0 Å². The molecule has 1 N–H and O–H groups in total. The molecule has 6 nitrogen and oxygen atoms in total. The number of hydrogen-bond acceptors (Lipinski definition) is 5. The van der Waals surface area contributed by atoms with Gasteiger partial charge in [-0.15, -0.1) is 10.2 Å². The van der Waals surface area contributed by atoms with Gasteiger partial charge in [-0.3, -0.25) is 9.78 Å². The highest BCUT2D eigenvalue weighted by molar-refractivity contribution is 7.99. The molecule has 1 amide bonds. The zero-order valence-corrected chi connectivity index (χ0v) is 16.5. The minimum absolute atomic E-state index is 0.0640. The fraction of sp³-hybridized carbons (Fsp3) is 0.300. The molecule has 0 bridgehead atoms. The van der Waals surface area contributed by atoms with Crippen LogP contribution in [0.25, 0.3) is 11.4 Å². The number of amides is 1. The van der Waals surface area contributed by atoms with E-state index < -0.39 is 0 Å². The van der Waals surface area contributed by atoms with E-state index in [1.165, 1.54) is 17.3 Å². The molecular formula is C20H23N5OS. The summed E-state index contributed by atoms with van der Waals surface area (Å²) in [5.41, 5.74) is 2.97. The number of nitrogens with one attached hydrogen (secondary N) is 1. The van der Waals surface area contributed by atoms with Gasteiger partial charge < -0.3 is 9.88 Å². The summed E-state index contributed by atoms with van der Waals surface area (Å²) in [4.78, 5) is 16.4. The molecule has 140 valence electrons. The number of anilines is 1. The largest absolute Gasteiger partial charge is 0.325 e. The van der Waals surface area contributed by atoms with Gasteiger partial charge in [0.05, 0.1) is 5.75 Å². The van der Waals surface area contributed by atoms with Crippen molar-refractivity contribution < 1.29 is 4.79 Å². The van der Waals surface area contributed by atoms with E-state index in [0.29, 0.717) is 5.92 Å². The van der Waals surface area contributed by atoms with Crippen molar-refractivity contribution in [2.45, 2.75) is 38.4 Å². The van der Waals surface area contributed by atoms with Crippen molar-refractivity contribution in [1.29, 1.82) is 0 Å². The first-order valence-electron chi connectivity index (χ1n) is 8.94. The van der Waals surface area contributed by atoms with Gasteiger partial charge in [0.2, 0.25) is 5.91 Å². The van der Waals surface area contributed by atoms with Gasteiger partial charge in [0.1, 0.15) is 0 Å². The average Bonchev–Trinajstić information content (AvgIpc) is 3.10. The Hall–Kier alpha value is -2.67. The molecule has 7 heteroatoms. The molecule has 0 saturated carbocycles. The van der Waals surface area contributed by atoms with Gasteiger partial charge in [0, 0.05) is 30.2 Å². The van der Waals surface area contributed by atoms with E-state index in [2.05, 4.69) is 34.3 Å². The van der Waals surface area contributed by atoms with E-state index in [9.17, 15) is 4.79 Å². The van der Waals surface area contributed by atoms with Crippen LogP contribution in [0.15, 0.2) is 53.9 Å². The summed E-state index contributed by atoms with van der Waals surface area (Å²) >= 11 is 1.38. The lowest BCUT2D eigenvalue weighted by molar-refractivity contribution is -0.113. The zero-order chi connectivity index (χ0) is 19.2. The third-order valence-corrected chi connectivity index (χ3v) is 5.11. The highest BCUT2D eigenvalue weighted by Gasteiger charge is 2.14. The number of rotatable bonds is 7. The number of nitrogens with zero attached hydrogens (tertiary/aromatic N) is 4. The first kappa shape index (κ1) is 19.1. The van der Waals surface area contributed by atoms with Gasteiger partial charge in [-0.2, -0.15) is 0 Å². The lowest BCUT2D eigenvalue weighted by Gasteiger charge is -2.09. The summed E-state index contributed by atoms with van der Waals surface area (Å²) in [5, 5.41) is 12.2. The van der Waals surface area contributed by atoms with Gasteiger partial charge in [-0.25, -0.2) is 0 Å². The lowest BCUT2D eigenvalue weighted by atomic mass is 10.0. The summed E-state index contributed by atoms with van der Waals surface area (Å²) in [6.45, 7) is 7.04. The smallest absolute Gasteiger partial charge is 0.234 e. The molecule has 2 heterocycles. The van der Waals surface area contributed by atoms with Crippen LogP contribution in [0, 0.1) is 0 Å². The third kappa shape index (κ3) is 4.74. The van der Waals surface area contributed by atoms with Crippen LogP contribution in [0.4, 0.5) is 5.69 Å². The topological polar surface area (TPSA) is 72.7 Å². The van der Waals surface area contributed by atoms with E-state index in [-0.39, 0.29) is 11.7 Å². The molecular weight excluding hydrogens is 358 g/mol. The summed E-state index contributed by atoms with van der Waals surface area (Å²) in [6, 6.07) is 11.8. The molecule has 0 aliphatic heterocycles. The van der Waals surface area contributed by atoms with Crippen LogP contribution in [0.3, 0.4) is 0 Å². The Labute approximate surface area is 163 Å². The average molecular weight is 382 g/mol. The minimum atomic E-state index is -0.0640. The minimum Gasteiger partial charge on any atom is -0.325 e. The molecule has 0 fully saturated rings. The second-order valence-corrected chi connectivity index (χ2v) is 7.35. The predicted octanol–water partition coefficient (Wildman–Crippen LogP) is 4.21. The molecule has 0 spiro atoms. The number of pyridine rings is 1. The van der Waals surface area contributed by atoms with Crippen molar-refractivity contribution in [2.75, 3.05) is 11.1 Å². The molecule has 3 aromatic rings. The number of hydrogen-bond donors (Lipinski definition) is 1. The first-order valence-corrected chi connectivity index (χ1v) is 9.93. The van der Waals surface area contributed by atoms with Gasteiger partial charge in [0.25, 0.3) is 0 Å². The van der Waals surface area contributed by atoms with Crippen molar-refractivity contribution in [3.05, 3.63) is 54.4 Å². The molecule has 1 aromatic carbocycles. The predicted molar refractivity (Wildman–Crippen MR) is 109 cm³/mol. The highest BCUT2D eigenvalue weighted by atomic mass is 32.2. The number of benzene rings is 1. The van der Waals surface area contributed by atoms with Crippen molar-refractivity contribution in [3.8, 4) is 11.4 Å². The summed E-state index contributed by atoms with van der Waals surface area (Å²) in [6.07, 6.45) is 3.49. The maximum Gasteiger partial charge on any atom is 0.234 e. The molecule has 0 aliphatic rings. The molecule has 0 atom stereocenters. The second kappa shape index (κ2) is 8.81. The summed E-state index contributed by atoms with van der Waals surface area (Å²) in [5.74, 6) is 1.44. The molecule has 0 aliphatic carbocycles. The third-order valence-electron chi connectivity index (χ3n) is 4.15. The van der Waals surface area contributed by atoms with Crippen molar-refractivity contribution >= 4 is 23.4 Å². The number of carbonyl (C=O) groups is 1. The van der Waals surface area contributed by atoms with Crippen molar-refractivity contribution in [2.24, 2.45) is 0 Å². The number of carbonyl (C=O) groups excluding carboxylic acids is 1. The maximum atomic E-state index is 12.3. The van der Waals surface area contributed by atoms with Crippen LogP contribution in [0.2, 0.25) is 0 Å². The fourth-order valence-corrected chi connectivity index (χ4v) is 3.47. The zero-order valence-electron chi connectivity index (χ0n) is 15.7. The lowest BCUT2D eigenvalue weighted by Crippen LogP contribution is -2.14. The van der Waals surface area contributed by atoms with Crippen LogP contribution < -0.4 is 5.32 Å². The molecule has 27 heavy (non-hydrogen) atoms. The molecule has 0 saturated heterocycles. The summed E-state index contributed by atoms with van der Waals surface area (Å²) < 4.78 is 1.99. The van der Waals surface area contributed by atoms with Crippen molar-refractivity contribution in [1.82, 2.24) is 19.7 Å². The van der Waals surface area contributed by atoms with E-state index in [1.807, 2.05) is 47.9 Å². The maximum absolute atomic E-state index is 12.3. The number of aromatic nitrogens is 4. The van der Waals surface area contributed by atoms with Gasteiger partial charge in [0.15, 0.2) is 11.0 Å². The van der Waals surface area contributed by atoms with Gasteiger partial charge in [-0.05, 0) is 42.7 Å². The van der Waals surface area contributed by atoms with Gasteiger partial charge >= 0.3 is 0 Å². The fourth-order valence-electron chi connectivity index (χ4n) is 2.67. The van der Waals surface area contributed by atoms with E-state index in [1.54, 1.807) is 12.4 Å². The molecule has 0 radical (unpaired) electrons. The second-order valence-electron chi connectivity index (χ2n) is 6.41. The quantitative estimate of drug-likeness (QED) is 0.621. The van der Waals surface area contributed by atoms with E-state index in [4.69, 9.17) is 0 Å². The monoisotopic (exact) mass is 381 g/mol. The molecule has 3 rings (SSSR count). The highest BCUT2D eigenvalue weighted by Crippen LogP contribution is 2.23. The molecule has 2 aromatic heterocycles. The Morgan fingerprint density at radius 3 is 2.59 bits per heavy atom. The Balaban J connectivity index is 1.63. The Kier molecular flexibility index (Phi) is 6.24.